The molecular formula is C11H11F2NO2. The Morgan fingerprint density at radius 2 is 2.25 bits per heavy atom. The van der Waals surface area contributed by atoms with Gasteiger partial charge in [-0.25, -0.2) is 8.78 Å². The SMILES string of the molecule is O=C(O)C1CC1CNc1cc(F)ccc1F. The van der Waals surface area contributed by atoms with E-state index in [1.54, 1.807) is 0 Å². The van der Waals surface area contributed by atoms with E-state index in [0.717, 1.165) is 18.2 Å². The van der Waals surface area contributed by atoms with Gasteiger partial charge in [-0.1, -0.05) is 0 Å². The molecule has 0 heterocycles. The lowest BCUT2D eigenvalue weighted by Gasteiger charge is -2.06. The van der Waals surface area contributed by atoms with Crippen molar-refractivity contribution >= 4 is 11.7 Å². The van der Waals surface area contributed by atoms with E-state index in [4.69, 9.17) is 5.11 Å². The van der Waals surface area contributed by atoms with Crippen molar-refractivity contribution in [2.75, 3.05) is 11.9 Å². The maximum absolute atomic E-state index is 13.2. The summed E-state index contributed by atoms with van der Waals surface area (Å²) in [5.74, 6) is -2.21. The summed E-state index contributed by atoms with van der Waals surface area (Å²) < 4.78 is 25.9. The topological polar surface area (TPSA) is 49.3 Å². The third-order valence-electron chi connectivity index (χ3n) is 2.72. The van der Waals surface area contributed by atoms with Crippen molar-refractivity contribution in [1.29, 1.82) is 0 Å². The van der Waals surface area contributed by atoms with Gasteiger partial charge in [0, 0.05) is 6.54 Å². The number of nitrogens with one attached hydrogen (secondary N) is 1. The lowest BCUT2D eigenvalue weighted by molar-refractivity contribution is -0.138. The van der Waals surface area contributed by atoms with Crippen molar-refractivity contribution in [2.45, 2.75) is 6.42 Å². The minimum Gasteiger partial charge on any atom is -0.481 e. The van der Waals surface area contributed by atoms with E-state index in [0.29, 0.717) is 13.0 Å². The lowest BCUT2D eigenvalue weighted by Crippen LogP contribution is -2.09. The number of hydrogen-bond donors (Lipinski definition) is 2. The van der Waals surface area contributed by atoms with E-state index in [1.165, 1.54) is 0 Å². The first kappa shape index (κ1) is 10.9. The number of benzene rings is 1. The third kappa shape index (κ3) is 2.29. The monoisotopic (exact) mass is 227 g/mol. The average Bonchev–Trinajstić information content (AvgIpc) is 2.99. The Hall–Kier alpha value is -1.65. The highest BCUT2D eigenvalue weighted by Gasteiger charge is 2.42. The number of carboxylic acid groups (broad SMARTS) is 1. The summed E-state index contributed by atoms with van der Waals surface area (Å²) in [7, 11) is 0. The molecule has 1 aromatic rings. The molecule has 0 aliphatic heterocycles. The van der Waals surface area contributed by atoms with Crippen LogP contribution in [0.4, 0.5) is 14.5 Å². The smallest absolute Gasteiger partial charge is 0.306 e. The molecule has 1 aromatic carbocycles. The molecule has 1 aliphatic carbocycles. The zero-order valence-corrected chi connectivity index (χ0v) is 8.41. The van der Waals surface area contributed by atoms with Crippen molar-refractivity contribution in [3.8, 4) is 0 Å². The highest BCUT2D eigenvalue weighted by Crippen LogP contribution is 2.38. The minimum atomic E-state index is -0.827. The highest BCUT2D eigenvalue weighted by atomic mass is 19.1. The number of aliphatic carboxylic acids is 1. The van der Waals surface area contributed by atoms with Crippen LogP contribution in [0.3, 0.4) is 0 Å². The predicted octanol–water partition coefficient (Wildman–Crippen LogP) is 2.10. The Bertz CT molecular complexity index is 422. The first-order valence-electron chi connectivity index (χ1n) is 4.99. The van der Waals surface area contributed by atoms with Gasteiger partial charge in [0.2, 0.25) is 0 Å². The summed E-state index contributed by atoms with van der Waals surface area (Å²) in [4.78, 5) is 10.5. The molecule has 5 heteroatoms. The Morgan fingerprint density at radius 3 is 2.88 bits per heavy atom. The molecular weight excluding hydrogens is 216 g/mol. The zero-order chi connectivity index (χ0) is 11.7. The zero-order valence-electron chi connectivity index (χ0n) is 8.41. The van der Waals surface area contributed by atoms with Crippen LogP contribution in [0.15, 0.2) is 18.2 Å². The van der Waals surface area contributed by atoms with Crippen molar-refractivity contribution in [3.63, 3.8) is 0 Å². The molecule has 1 aliphatic rings. The fourth-order valence-corrected chi connectivity index (χ4v) is 1.65. The van der Waals surface area contributed by atoms with Crippen LogP contribution in [-0.2, 0) is 4.79 Å². The molecule has 0 amide bonds. The largest absolute Gasteiger partial charge is 0.481 e. The molecule has 0 spiro atoms. The number of halogens is 2. The second-order valence-electron chi connectivity index (χ2n) is 3.95. The van der Waals surface area contributed by atoms with Crippen molar-refractivity contribution in [3.05, 3.63) is 29.8 Å². The Balaban J connectivity index is 1.91. The van der Waals surface area contributed by atoms with Gasteiger partial charge in [-0.05, 0) is 30.5 Å². The van der Waals surface area contributed by atoms with Gasteiger partial charge in [-0.15, -0.1) is 0 Å². The maximum atomic E-state index is 13.2. The number of hydrogen-bond acceptors (Lipinski definition) is 2. The summed E-state index contributed by atoms with van der Waals surface area (Å²) >= 11 is 0. The van der Waals surface area contributed by atoms with E-state index in [-0.39, 0.29) is 17.5 Å². The molecule has 16 heavy (non-hydrogen) atoms. The number of carbonyl (C=O) groups is 1. The molecule has 2 rings (SSSR count). The van der Waals surface area contributed by atoms with E-state index in [2.05, 4.69) is 5.32 Å². The van der Waals surface area contributed by atoms with Gasteiger partial charge in [0.1, 0.15) is 11.6 Å². The Morgan fingerprint density at radius 1 is 1.50 bits per heavy atom. The van der Waals surface area contributed by atoms with Crippen molar-refractivity contribution in [2.24, 2.45) is 11.8 Å². The average molecular weight is 227 g/mol. The quantitative estimate of drug-likeness (QED) is 0.828. The summed E-state index contributed by atoms with van der Waals surface area (Å²) in [5, 5.41) is 11.4. The molecule has 3 nitrogen and oxygen atoms in total. The van der Waals surface area contributed by atoms with Crippen molar-refractivity contribution < 1.29 is 18.7 Å². The highest BCUT2D eigenvalue weighted by molar-refractivity contribution is 5.73. The van der Waals surface area contributed by atoms with E-state index in [1.807, 2.05) is 0 Å². The molecule has 86 valence electrons. The van der Waals surface area contributed by atoms with Gasteiger partial charge >= 0.3 is 5.97 Å². The first-order chi connectivity index (χ1) is 7.58. The summed E-state index contributed by atoms with van der Waals surface area (Å²) in [6, 6.07) is 3.14. The van der Waals surface area contributed by atoms with Gasteiger partial charge in [0.15, 0.2) is 0 Å². The first-order valence-corrected chi connectivity index (χ1v) is 4.99. The summed E-state index contributed by atoms with van der Waals surface area (Å²) in [5.41, 5.74) is 0.0797. The van der Waals surface area contributed by atoms with Crippen LogP contribution in [0.5, 0.6) is 0 Å². The predicted molar refractivity (Wildman–Crippen MR) is 54.1 cm³/mol. The van der Waals surface area contributed by atoms with Gasteiger partial charge in [0.25, 0.3) is 0 Å². The molecule has 0 saturated heterocycles. The summed E-state index contributed by atoms with van der Waals surface area (Å²) in [6.45, 7) is 0.358. The standard InChI is InChI=1S/C11H11F2NO2/c12-7-1-2-9(13)10(4-7)14-5-6-3-8(6)11(15)16/h1-2,4,6,8,14H,3,5H2,(H,15,16). The van der Waals surface area contributed by atoms with Crippen LogP contribution in [0.1, 0.15) is 6.42 Å². The van der Waals surface area contributed by atoms with E-state index in [9.17, 15) is 13.6 Å². The van der Waals surface area contributed by atoms with Gasteiger partial charge in [0.05, 0.1) is 11.6 Å². The molecule has 0 aromatic heterocycles. The van der Waals surface area contributed by atoms with E-state index < -0.39 is 17.6 Å². The molecule has 1 fully saturated rings. The molecule has 0 bridgehead atoms. The van der Waals surface area contributed by atoms with Crippen LogP contribution in [0.25, 0.3) is 0 Å². The molecule has 2 unspecified atom stereocenters. The second kappa shape index (κ2) is 4.08. The summed E-state index contributed by atoms with van der Waals surface area (Å²) in [6.07, 6.45) is 0.596. The number of rotatable bonds is 4. The van der Waals surface area contributed by atoms with E-state index >= 15 is 0 Å². The fourth-order valence-electron chi connectivity index (χ4n) is 1.65. The Labute approximate surface area is 91.1 Å². The second-order valence-corrected chi connectivity index (χ2v) is 3.95. The lowest BCUT2D eigenvalue weighted by atomic mass is 10.2. The fraction of sp³-hybridized carbons (Fsp3) is 0.364. The van der Waals surface area contributed by atoms with Crippen LogP contribution in [-0.4, -0.2) is 17.6 Å². The molecule has 0 radical (unpaired) electrons. The third-order valence-corrected chi connectivity index (χ3v) is 2.72. The van der Waals surface area contributed by atoms with Crippen LogP contribution < -0.4 is 5.32 Å². The molecule has 2 atom stereocenters. The van der Waals surface area contributed by atoms with Gasteiger partial charge in [-0.3, -0.25) is 4.79 Å². The van der Waals surface area contributed by atoms with Crippen LogP contribution in [0.2, 0.25) is 0 Å². The van der Waals surface area contributed by atoms with Crippen LogP contribution in [0, 0.1) is 23.5 Å². The minimum absolute atomic E-state index is 0.0140. The van der Waals surface area contributed by atoms with Gasteiger partial charge < -0.3 is 10.4 Å². The molecule has 2 N–H and O–H groups in total. The number of carboxylic acids is 1. The normalized spacial score (nSPS) is 22.9. The van der Waals surface area contributed by atoms with Crippen LogP contribution >= 0.6 is 0 Å². The number of anilines is 1. The van der Waals surface area contributed by atoms with Crippen molar-refractivity contribution in [1.82, 2.24) is 0 Å². The molecule has 1 saturated carbocycles. The van der Waals surface area contributed by atoms with Gasteiger partial charge in [-0.2, -0.15) is 0 Å². The Kier molecular flexibility index (Phi) is 2.77. The maximum Gasteiger partial charge on any atom is 0.306 e.